The second kappa shape index (κ2) is 10.0. The van der Waals surface area contributed by atoms with Crippen LogP contribution in [0.4, 0.5) is 0 Å². The Morgan fingerprint density at radius 1 is 0.900 bits per heavy atom. The number of rotatable bonds is 10. The normalized spacial score (nSPS) is 11.8. The zero-order chi connectivity index (χ0) is 14.8. The Bertz CT molecular complexity index is 359. The Balaban J connectivity index is 3.04. The average molecular weight is 403 g/mol. The van der Waals surface area contributed by atoms with Gasteiger partial charge in [0, 0.05) is 0 Å². The van der Waals surface area contributed by atoms with Gasteiger partial charge in [-0.3, -0.25) is 0 Å². The molecule has 0 saturated heterocycles. The van der Waals surface area contributed by atoms with Gasteiger partial charge >= 0.3 is 135 Å². The van der Waals surface area contributed by atoms with E-state index in [1.165, 1.54) is 51.8 Å². The first-order valence-electron chi connectivity index (χ1n) is 8.29. The number of nitrogens with zero attached hydrogens (tertiary/aromatic N) is 1. The molecule has 1 rings (SSSR count). The monoisotopic (exact) mass is 403 g/mol. The van der Waals surface area contributed by atoms with Crippen LogP contribution in [0.1, 0.15) is 59.3 Å². The number of hydrogen-bond donors (Lipinski definition) is 0. The van der Waals surface area contributed by atoms with Gasteiger partial charge in [0.1, 0.15) is 0 Å². The van der Waals surface area contributed by atoms with Crippen molar-refractivity contribution >= 4 is 33.6 Å². The first kappa shape index (κ1) is 18.3. The summed E-state index contributed by atoms with van der Waals surface area (Å²) in [5.41, 5.74) is 0. The molecule has 0 saturated carbocycles. The van der Waals surface area contributed by atoms with E-state index < -0.39 is 18.4 Å². The molecule has 1 nitrogen and oxygen atoms in total. The third-order valence-electron chi connectivity index (χ3n) is 4.34. The van der Waals surface area contributed by atoms with Crippen LogP contribution in [0.15, 0.2) is 18.5 Å². The number of hydrogen-bond acceptors (Lipinski definition) is 1. The zero-order valence-electron chi connectivity index (χ0n) is 13.4. The molecule has 1 aromatic heterocycles. The predicted octanol–water partition coefficient (Wildman–Crippen LogP) is 5.79. The molecule has 0 aliphatic heterocycles. The molecule has 0 atom stereocenters. The summed E-state index contributed by atoms with van der Waals surface area (Å²) in [6.45, 7) is 6.94. The van der Waals surface area contributed by atoms with Crippen molar-refractivity contribution in [2.24, 2.45) is 0 Å². The summed E-state index contributed by atoms with van der Waals surface area (Å²) in [6.07, 6.45) is 12.0. The van der Waals surface area contributed by atoms with Crippen LogP contribution in [0.25, 0.3) is 0 Å². The van der Waals surface area contributed by atoms with Gasteiger partial charge in [0.2, 0.25) is 0 Å². The SMILES string of the molecule is CCC[CH2][Sn]([CH2]CCC)([CH2]CCC)[c]1cncc(Cl)c1. The van der Waals surface area contributed by atoms with Crippen molar-refractivity contribution in [2.75, 3.05) is 0 Å². The summed E-state index contributed by atoms with van der Waals surface area (Å²) >= 11 is 3.94. The fourth-order valence-electron chi connectivity index (χ4n) is 3.06. The van der Waals surface area contributed by atoms with E-state index in [9.17, 15) is 0 Å². The summed E-state index contributed by atoms with van der Waals surface area (Å²) in [4.78, 5) is 4.39. The maximum absolute atomic E-state index is 6.22. The van der Waals surface area contributed by atoms with Crippen LogP contribution in [-0.4, -0.2) is 23.4 Å². The molecule has 1 heterocycles. The van der Waals surface area contributed by atoms with Gasteiger partial charge in [0.15, 0.2) is 0 Å². The molecular weight excluding hydrogens is 372 g/mol. The molecule has 0 bridgehead atoms. The fraction of sp³-hybridized carbons (Fsp3) is 0.706. The van der Waals surface area contributed by atoms with Crippen LogP contribution in [0, 0.1) is 0 Å². The molecule has 20 heavy (non-hydrogen) atoms. The summed E-state index contributed by atoms with van der Waals surface area (Å²) in [5.74, 6) is 0. The molecule has 0 spiro atoms. The Labute approximate surface area is 134 Å². The van der Waals surface area contributed by atoms with Crippen LogP contribution < -0.4 is 3.58 Å². The van der Waals surface area contributed by atoms with Crippen molar-refractivity contribution < 1.29 is 0 Å². The van der Waals surface area contributed by atoms with Crippen molar-refractivity contribution in [3.63, 3.8) is 0 Å². The number of pyridine rings is 1. The summed E-state index contributed by atoms with van der Waals surface area (Å²) in [6, 6.07) is 2.24. The first-order valence-corrected chi connectivity index (χ1v) is 16.2. The van der Waals surface area contributed by atoms with E-state index in [1.807, 2.05) is 0 Å². The van der Waals surface area contributed by atoms with Gasteiger partial charge in [-0.2, -0.15) is 0 Å². The van der Waals surface area contributed by atoms with E-state index in [-0.39, 0.29) is 0 Å². The third-order valence-corrected chi connectivity index (χ3v) is 20.0. The maximum atomic E-state index is 6.22. The van der Waals surface area contributed by atoms with Crippen LogP contribution in [0.2, 0.25) is 18.3 Å². The van der Waals surface area contributed by atoms with E-state index in [0.717, 1.165) is 5.02 Å². The van der Waals surface area contributed by atoms with E-state index in [1.54, 1.807) is 9.78 Å². The summed E-state index contributed by atoms with van der Waals surface area (Å²) < 4.78 is 6.01. The number of halogens is 1. The quantitative estimate of drug-likeness (QED) is 0.451. The Kier molecular flexibility index (Phi) is 9.19. The van der Waals surface area contributed by atoms with E-state index in [0.29, 0.717) is 0 Å². The molecule has 0 aliphatic carbocycles. The zero-order valence-corrected chi connectivity index (χ0v) is 17.0. The van der Waals surface area contributed by atoms with Crippen molar-refractivity contribution in [1.29, 1.82) is 0 Å². The van der Waals surface area contributed by atoms with Crippen molar-refractivity contribution in [2.45, 2.75) is 72.6 Å². The van der Waals surface area contributed by atoms with Gasteiger partial charge < -0.3 is 0 Å². The molecule has 0 N–H and O–H groups in total. The van der Waals surface area contributed by atoms with E-state index >= 15 is 0 Å². The molecule has 0 fully saturated rings. The number of unbranched alkanes of at least 4 members (excludes halogenated alkanes) is 3. The standard InChI is InChI=1S/C5H3ClN.3C4H9.Sn/c6-5-2-1-3-7-4-5;3*1-3-4-2;/h2-4H;3*1,3-4H2,2H3;. The topological polar surface area (TPSA) is 12.9 Å². The second-order valence-electron chi connectivity index (χ2n) is 5.98. The van der Waals surface area contributed by atoms with Gasteiger partial charge in [0.05, 0.1) is 0 Å². The van der Waals surface area contributed by atoms with Gasteiger partial charge in [0.25, 0.3) is 0 Å². The second-order valence-corrected chi connectivity index (χ2v) is 19.7. The van der Waals surface area contributed by atoms with Crippen LogP contribution in [0.3, 0.4) is 0 Å². The Morgan fingerprint density at radius 2 is 1.40 bits per heavy atom. The van der Waals surface area contributed by atoms with E-state index in [4.69, 9.17) is 11.6 Å². The van der Waals surface area contributed by atoms with Gasteiger partial charge in [-0.1, -0.05) is 0 Å². The molecule has 1 aromatic rings. The molecule has 3 heteroatoms. The summed E-state index contributed by atoms with van der Waals surface area (Å²) in [7, 11) is 0. The third kappa shape index (κ3) is 5.55. The molecule has 0 aromatic carbocycles. The molecule has 0 unspecified atom stereocenters. The molecular formula is C17H30ClNSn. The Morgan fingerprint density at radius 3 is 1.80 bits per heavy atom. The first-order chi connectivity index (χ1) is 9.68. The van der Waals surface area contributed by atoms with Crippen LogP contribution >= 0.6 is 11.6 Å². The minimum absolute atomic E-state index is 0.827. The van der Waals surface area contributed by atoms with Crippen molar-refractivity contribution in [1.82, 2.24) is 4.98 Å². The Hall–Kier alpha value is 0.239. The van der Waals surface area contributed by atoms with Gasteiger partial charge in [-0.25, -0.2) is 0 Å². The number of aromatic nitrogens is 1. The van der Waals surface area contributed by atoms with Crippen LogP contribution in [0.5, 0.6) is 0 Å². The molecule has 114 valence electrons. The predicted molar refractivity (Wildman–Crippen MR) is 93.8 cm³/mol. The van der Waals surface area contributed by atoms with E-state index in [2.05, 4.69) is 38.0 Å². The summed E-state index contributed by atoms with van der Waals surface area (Å²) in [5, 5.41) is 0.827. The van der Waals surface area contributed by atoms with Gasteiger partial charge in [-0.15, -0.1) is 0 Å². The van der Waals surface area contributed by atoms with Crippen molar-refractivity contribution in [3.8, 4) is 0 Å². The molecule has 0 radical (unpaired) electrons. The fourth-order valence-corrected chi connectivity index (χ4v) is 19.2. The minimum atomic E-state index is -2.29. The molecule has 0 amide bonds. The van der Waals surface area contributed by atoms with Gasteiger partial charge in [-0.05, 0) is 0 Å². The molecule has 0 aliphatic rings. The van der Waals surface area contributed by atoms with Crippen molar-refractivity contribution in [3.05, 3.63) is 23.5 Å². The van der Waals surface area contributed by atoms with Crippen LogP contribution in [-0.2, 0) is 0 Å². The average Bonchev–Trinajstić information content (AvgIpc) is 2.47.